The molecule has 0 amide bonds. The highest BCUT2D eigenvalue weighted by Gasteiger charge is 1.90. The van der Waals surface area contributed by atoms with Crippen LogP contribution in [0.25, 0.3) is 0 Å². The van der Waals surface area contributed by atoms with Crippen molar-refractivity contribution >= 4 is 0 Å². The molecule has 1 heteroatoms. The Morgan fingerprint density at radius 1 is 1.36 bits per heavy atom. The van der Waals surface area contributed by atoms with Crippen molar-refractivity contribution in [3.63, 3.8) is 0 Å². The lowest BCUT2D eigenvalue weighted by molar-refractivity contribution is 0.317. The third-order valence-corrected chi connectivity index (χ3v) is 1.46. The number of hydrogen-bond acceptors (Lipinski definition) is 1. The van der Waals surface area contributed by atoms with Gasteiger partial charge < -0.3 is 4.74 Å². The van der Waals surface area contributed by atoms with E-state index in [4.69, 9.17) is 4.74 Å². The van der Waals surface area contributed by atoms with E-state index in [1.807, 2.05) is 12.1 Å². The second kappa shape index (κ2) is 4.02. The van der Waals surface area contributed by atoms with Crippen molar-refractivity contribution in [1.82, 2.24) is 0 Å². The molecule has 0 bridgehead atoms. The second-order valence-corrected chi connectivity index (χ2v) is 2.66. The van der Waals surface area contributed by atoms with Gasteiger partial charge in [0.1, 0.15) is 5.75 Å². The molecule has 0 unspecified atom stereocenters. The molecule has 0 heterocycles. The Bertz CT molecular complexity index is 218. The SMILES string of the molecule is CCCOc1cccc(C)c1. The first-order valence-electron chi connectivity index (χ1n) is 4.02. The van der Waals surface area contributed by atoms with E-state index in [0.29, 0.717) is 0 Å². The minimum atomic E-state index is 0.809. The first kappa shape index (κ1) is 8.12. The van der Waals surface area contributed by atoms with Crippen LogP contribution in [-0.2, 0) is 0 Å². The predicted molar refractivity (Wildman–Crippen MR) is 47.0 cm³/mol. The lowest BCUT2D eigenvalue weighted by Crippen LogP contribution is -1.94. The Morgan fingerprint density at radius 2 is 2.18 bits per heavy atom. The third-order valence-electron chi connectivity index (χ3n) is 1.46. The van der Waals surface area contributed by atoms with E-state index in [1.165, 1.54) is 5.56 Å². The molecule has 0 atom stereocenters. The average molecular weight is 150 g/mol. The normalized spacial score (nSPS) is 9.64. The molecule has 0 aromatic heterocycles. The molecule has 1 rings (SSSR count). The Balaban J connectivity index is 2.56. The summed E-state index contributed by atoms with van der Waals surface area (Å²) >= 11 is 0. The Hall–Kier alpha value is -0.980. The molecule has 60 valence electrons. The van der Waals surface area contributed by atoms with Crippen LogP contribution in [0.15, 0.2) is 24.3 Å². The fourth-order valence-electron chi connectivity index (χ4n) is 0.925. The van der Waals surface area contributed by atoms with Gasteiger partial charge in [-0.05, 0) is 31.0 Å². The monoisotopic (exact) mass is 150 g/mol. The summed E-state index contributed by atoms with van der Waals surface area (Å²) in [6.07, 6.45) is 1.06. The molecule has 0 aliphatic carbocycles. The lowest BCUT2D eigenvalue weighted by atomic mass is 10.2. The standard InChI is InChI=1S/C10H14O/c1-3-7-11-10-6-4-5-9(2)8-10/h4-6,8H,3,7H2,1-2H3. The average Bonchev–Trinajstić information content (AvgIpc) is 2.01. The minimum Gasteiger partial charge on any atom is -0.494 e. The molecular weight excluding hydrogens is 136 g/mol. The second-order valence-electron chi connectivity index (χ2n) is 2.66. The lowest BCUT2D eigenvalue weighted by Gasteiger charge is -2.03. The maximum Gasteiger partial charge on any atom is 0.119 e. The summed E-state index contributed by atoms with van der Waals surface area (Å²) in [7, 11) is 0. The molecule has 1 nitrogen and oxygen atoms in total. The zero-order valence-corrected chi connectivity index (χ0v) is 7.13. The van der Waals surface area contributed by atoms with Gasteiger partial charge in [-0.3, -0.25) is 0 Å². The molecule has 11 heavy (non-hydrogen) atoms. The van der Waals surface area contributed by atoms with Crippen molar-refractivity contribution < 1.29 is 4.74 Å². The highest BCUT2D eigenvalue weighted by atomic mass is 16.5. The summed E-state index contributed by atoms with van der Waals surface area (Å²) in [5.41, 5.74) is 1.25. The van der Waals surface area contributed by atoms with E-state index in [2.05, 4.69) is 26.0 Å². The summed E-state index contributed by atoms with van der Waals surface area (Å²) in [6, 6.07) is 8.12. The van der Waals surface area contributed by atoms with Crippen LogP contribution in [0.3, 0.4) is 0 Å². The molecular formula is C10H14O. The van der Waals surface area contributed by atoms with Gasteiger partial charge in [0.25, 0.3) is 0 Å². The Morgan fingerprint density at radius 3 is 2.82 bits per heavy atom. The van der Waals surface area contributed by atoms with Crippen molar-refractivity contribution in [2.75, 3.05) is 6.61 Å². The molecule has 0 spiro atoms. The number of ether oxygens (including phenoxy) is 1. The maximum atomic E-state index is 5.44. The van der Waals surface area contributed by atoms with Gasteiger partial charge in [-0.15, -0.1) is 0 Å². The van der Waals surface area contributed by atoms with Crippen molar-refractivity contribution in [1.29, 1.82) is 0 Å². The van der Waals surface area contributed by atoms with Crippen molar-refractivity contribution in [2.24, 2.45) is 0 Å². The molecule has 0 aliphatic rings. The molecule has 0 saturated heterocycles. The van der Waals surface area contributed by atoms with E-state index >= 15 is 0 Å². The maximum absolute atomic E-state index is 5.44. The van der Waals surface area contributed by atoms with Gasteiger partial charge in [0.2, 0.25) is 0 Å². The van der Waals surface area contributed by atoms with Crippen LogP contribution >= 0.6 is 0 Å². The van der Waals surface area contributed by atoms with Crippen LogP contribution in [0.4, 0.5) is 0 Å². The van der Waals surface area contributed by atoms with Crippen LogP contribution in [0, 0.1) is 6.92 Å². The van der Waals surface area contributed by atoms with Crippen LogP contribution in [0.5, 0.6) is 5.75 Å². The van der Waals surface area contributed by atoms with Gasteiger partial charge in [-0.2, -0.15) is 0 Å². The molecule has 0 fully saturated rings. The van der Waals surface area contributed by atoms with E-state index in [-0.39, 0.29) is 0 Å². The fraction of sp³-hybridized carbons (Fsp3) is 0.400. The zero-order valence-electron chi connectivity index (χ0n) is 7.13. The smallest absolute Gasteiger partial charge is 0.119 e. The van der Waals surface area contributed by atoms with E-state index in [1.54, 1.807) is 0 Å². The Kier molecular flexibility index (Phi) is 2.96. The quantitative estimate of drug-likeness (QED) is 0.643. The fourth-order valence-corrected chi connectivity index (χ4v) is 0.925. The number of hydrogen-bond donors (Lipinski definition) is 0. The zero-order chi connectivity index (χ0) is 8.10. The van der Waals surface area contributed by atoms with Gasteiger partial charge in [-0.1, -0.05) is 19.1 Å². The molecule has 0 saturated carbocycles. The van der Waals surface area contributed by atoms with Crippen LogP contribution < -0.4 is 4.74 Å². The predicted octanol–water partition coefficient (Wildman–Crippen LogP) is 2.78. The highest BCUT2D eigenvalue weighted by Crippen LogP contribution is 2.11. The van der Waals surface area contributed by atoms with Crippen molar-refractivity contribution in [2.45, 2.75) is 20.3 Å². The first-order valence-corrected chi connectivity index (χ1v) is 4.02. The first-order chi connectivity index (χ1) is 5.33. The number of rotatable bonds is 3. The van der Waals surface area contributed by atoms with Crippen molar-refractivity contribution in [3.05, 3.63) is 29.8 Å². The summed E-state index contributed by atoms with van der Waals surface area (Å²) in [4.78, 5) is 0. The van der Waals surface area contributed by atoms with E-state index < -0.39 is 0 Å². The van der Waals surface area contributed by atoms with Crippen molar-refractivity contribution in [3.8, 4) is 5.75 Å². The van der Waals surface area contributed by atoms with Gasteiger partial charge in [0, 0.05) is 0 Å². The van der Waals surface area contributed by atoms with Gasteiger partial charge in [0.05, 0.1) is 6.61 Å². The summed E-state index contributed by atoms with van der Waals surface area (Å²) in [6.45, 7) is 4.98. The van der Waals surface area contributed by atoms with Gasteiger partial charge in [-0.25, -0.2) is 0 Å². The van der Waals surface area contributed by atoms with Gasteiger partial charge >= 0.3 is 0 Å². The van der Waals surface area contributed by atoms with E-state index in [0.717, 1.165) is 18.8 Å². The number of benzene rings is 1. The summed E-state index contributed by atoms with van der Waals surface area (Å²) < 4.78 is 5.44. The van der Waals surface area contributed by atoms with E-state index in [9.17, 15) is 0 Å². The molecule has 0 radical (unpaired) electrons. The third kappa shape index (κ3) is 2.62. The molecule has 0 N–H and O–H groups in total. The topological polar surface area (TPSA) is 9.23 Å². The molecule has 1 aromatic rings. The summed E-state index contributed by atoms with van der Waals surface area (Å²) in [5.74, 6) is 0.979. The highest BCUT2D eigenvalue weighted by molar-refractivity contribution is 5.27. The largest absolute Gasteiger partial charge is 0.494 e. The van der Waals surface area contributed by atoms with Crippen LogP contribution in [0.2, 0.25) is 0 Å². The summed E-state index contributed by atoms with van der Waals surface area (Å²) in [5, 5.41) is 0. The van der Waals surface area contributed by atoms with Crippen LogP contribution in [0.1, 0.15) is 18.9 Å². The molecule has 0 aliphatic heterocycles. The molecule has 1 aromatic carbocycles. The minimum absolute atomic E-state index is 0.809. The number of aryl methyl sites for hydroxylation is 1. The Labute approximate surface area is 68.0 Å². The van der Waals surface area contributed by atoms with Gasteiger partial charge in [0.15, 0.2) is 0 Å². The van der Waals surface area contributed by atoms with Crippen LogP contribution in [-0.4, -0.2) is 6.61 Å².